The maximum Gasteiger partial charge on any atom is 0.230 e. The first-order chi connectivity index (χ1) is 15.9. The van der Waals surface area contributed by atoms with Gasteiger partial charge in [-0.1, -0.05) is 46.9 Å². The lowest BCUT2D eigenvalue weighted by molar-refractivity contribution is -0.115. The van der Waals surface area contributed by atoms with Crippen molar-refractivity contribution in [2.75, 3.05) is 17.3 Å². The summed E-state index contributed by atoms with van der Waals surface area (Å²) in [6.45, 7) is 5.61. The number of rotatable bonds is 8. The van der Waals surface area contributed by atoms with Gasteiger partial charge >= 0.3 is 0 Å². The highest BCUT2D eigenvalue weighted by atomic mass is 32.2. The van der Waals surface area contributed by atoms with Gasteiger partial charge in [0.1, 0.15) is 5.75 Å². The lowest BCUT2D eigenvalue weighted by atomic mass is 10.1. The Morgan fingerprint density at radius 2 is 2.03 bits per heavy atom. The first-order valence-electron chi connectivity index (χ1n) is 10.1. The first-order valence-corrected chi connectivity index (χ1v) is 12.8. The summed E-state index contributed by atoms with van der Waals surface area (Å²) in [5, 5.41) is 15.1. The zero-order valence-corrected chi connectivity index (χ0v) is 21.1. The van der Waals surface area contributed by atoms with Crippen LogP contribution in [0, 0.1) is 13.8 Å². The molecular weight excluding hydrogens is 474 g/mol. The fraction of sp³-hybridized carbons (Fsp3) is 0.217. The predicted molar refractivity (Wildman–Crippen MR) is 137 cm³/mol. The molecule has 170 valence electrons. The number of benzene rings is 2. The normalized spacial score (nSPS) is 10.8. The van der Waals surface area contributed by atoms with E-state index in [1.165, 1.54) is 22.7 Å². The van der Waals surface area contributed by atoms with Crippen LogP contribution in [0.1, 0.15) is 23.7 Å². The number of nitrogens with one attached hydrogen (secondary N) is 1. The number of hydrogen-bond acceptors (Lipinski definition) is 9. The quantitative estimate of drug-likeness (QED) is 0.284. The van der Waals surface area contributed by atoms with Crippen LogP contribution in [0.3, 0.4) is 0 Å². The molecule has 10 heteroatoms. The molecule has 0 bridgehead atoms. The lowest BCUT2D eigenvalue weighted by Gasteiger charge is -2.20. The molecule has 0 fully saturated rings. The fourth-order valence-corrected chi connectivity index (χ4v) is 5.86. The second-order valence-electron chi connectivity index (χ2n) is 7.28. The van der Waals surface area contributed by atoms with Gasteiger partial charge in [-0.2, -0.15) is 0 Å². The Balaban J connectivity index is 1.42. The summed E-state index contributed by atoms with van der Waals surface area (Å²) in [5.41, 5.74) is 4.85. The van der Waals surface area contributed by atoms with Crippen molar-refractivity contribution >= 4 is 62.0 Å². The zero-order valence-electron chi connectivity index (χ0n) is 18.7. The number of anilines is 4. The molecule has 0 saturated carbocycles. The number of thiazole rings is 1. The number of nitrogens with zero attached hydrogens (tertiary/aromatic N) is 4. The number of hydrogen-bond donors (Lipinski definition) is 1. The van der Waals surface area contributed by atoms with E-state index in [0.717, 1.165) is 38.3 Å². The van der Waals surface area contributed by atoms with Crippen molar-refractivity contribution in [2.45, 2.75) is 30.9 Å². The van der Waals surface area contributed by atoms with Gasteiger partial charge in [-0.3, -0.25) is 9.69 Å². The standard InChI is InChI=1S/C23H23N5O2S3/c1-14-8-9-20(15(2)10-14)28(16(3)29)22-25-18(12-31-22)13-32-23-27-26-21(33-23)24-17-6-5-7-19(11-17)30-4/h5-12H,13H2,1-4H3,(H,24,26). The molecule has 0 aliphatic rings. The minimum atomic E-state index is -0.0621. The molecule has 0 atom stereocenters. The van der Waals surface area contributed by atoms with Crippen molar-refractivity contribution in [1.82, 2.24) is 15.2 Å². The molecule has 2 aromatic carbocycles. The predicted octanol–water partition coefficient (Wildman–Crippen LogP) is 6.34. The molecular formula is C23H23N5O2S3. The van der Waals surface area contributed by atoms with E-state index in [4.69, 9.17) is 9.72 Å². The lowest BCUT2D eigenvalue weighted by Crippen LogP contribution is -2.23. The van der Waals surface area contributed by atoms with Gasteiger partial charge in [0.25, 0.3) is 0 Å². The van der Waals surface area contributed by atoms with E-state index in [9.17, 15) is 4.79 Å². The molecule has 7 nitrogen and oxygen atoms in total. The third-order valence-electron chi connectivity index (χ3n) is 4.71. The molecule has 4 rings (SSSR count). The molecule has 33 heavy (non-hydrogen) atoms. The van der Waals surface area contributed by atoms with Crippen LogP contribution in [0.2, 0.25) is 0 Å². The Bertz CT molecular complexity index is 1270. The highest BCUT2D eigenvalue weighted by molar-refractivity contribution is 8.00. The molecule has 0 aliphatic carbocycles. The van der Waals surface area contributed by atoms with Gasteiger partial charge in [-0.15, -0.1) is 21.5 Å². The van der Waals surface area contributed by atoms with Crippen LogP contribution in [0.25, 0.3) is 0 Å². The summed E-state index contributed by atoms with van der Waals surface area (Å²) >= 11 is 4.51. The van der Waals surface area contributed by atoms with Gasteiger partial charge < -0.3 is 10.1 Å². The van der Waals surface area contributed by atoms with Crippen molar-refractivity contribution in [3.63, 3.8) is 0 Å². The average Bonchev–Trinajstić information content (AvgIpc) is 3.43. The molecule has 4 aromatic rings. The van der Waals surface area contributed by atoms with Crippen molar-refractivity contribution in [3.8, 4) is 5.75 Å². The van der Waals surface area contributed by atoms with Crippen LogP contribution in [-0.2, 0) is 10.5 Å². The van der Waals surface area contributed by atoms with Gasteiger partial charge in [-0.25, -0.2) is 4.98 Å². The van der Waals surface area contributed by atoms with E-state index in [2.05, 4.69) is 21.6 Å². The second kappa shape index (κ2) is 10.3. The van der Waals surface area contributed by atoms with Crippen molar-refractivity contribution in [1.29, 1.82) is 0 Å². The number of carbonyl (C=O) groups excluding carboxylic acids is 1. The van der Waals surface area contributed by atoms with Crippen molar-refractivity contribution in [3.05, 3.63) is 64.7 Å². The SMILES string of the molecule is COc1cccc(Nc2nnc(SCc3csc(N(C(C)=O)c4ccc(C)cc4C)n3)s2)c1. The number of aryl methyl sites for hydroxylation is 2. The molecule has 2 heterocycles. The highest BCUT2D eigenvalue weighted by Crippen LogP contribution is 2.34. The van der Waals surface area contributed by atoms with E-state index in [-0.39, 0.29) is 5.91 Å². The van der Waals surface area contributed by atoms with Crippen LogP contribution in [-0.4, -0.2) is 28.2 Å². The number of amides is 1. The van der Waals surface area contributed by atoms with Crippen molar-refractivity contribution < 1.29 is 9.53 Å². The van der Waals surface area contributed by atoms with Gasteiger partial charge in [-0.05, 0) is 37.6 Å². The van der Waals surface area contributed by atoms with Gasteiger partial charge in [0.15, 0.2) is 9.47 Å². The number of aromatic nitrogens is 3. The number of methoxy groups -OCH3 is 1. The van der Waals surface area contributed by atoms with Crippen molar-refractivity contribution in [2.24, 2.45) is 0 Å². The molecule has 0 unspecified atom stereocenters. The van der Waals surface area contributed by atoms with Gasteiger partial charge in [0.05, 0.1) is 18.5 Å². The highest BCUT2D eigenvalue weighted by Gasteiger charge is 2.20. The van der Waals surface area contributed by atoms with Gasteiger partial charge in [0.2, 0.25) is 11.0 Å². The minimum Gasteiger partial charge on any atom is -0.497 e. The van der Waals surface area contributed by atoms with E-state index < -0.39 is 0 Å². The third kappa shape index (κ3) is 5.70. The minimum absolute atomic E-state index is 0.0621. The molecule has 1 amide bonds. The third-order valence-corrected chi connectivity index (χ3v) is 7.59. The molecule has 0 radical (unpaired) electrons. The summed E-state index contributed by atoms with van der Waals surface area (Å²) in [7, 11) is 1.64. The molecule has 0 saturated heterocycles. The zero-order chi connectivity index (χ0) is 23.4. The molecule has 2 aromatic heterocycles. The molecule has 0 aliphatic heterocycles. The summed E-state index contributed by atoms with van der Waals surface area (Å²) in [5.74, 6) is 1.36. The van der Waals surface area contributed by atoms with E-state index in [1.807, 2.05) is 55.6 Å². The average molecular weight is 498 g/mol. The Morgan fingerprint density at radius 1 is 1.18 bits per heavy atom. The largest absolute Gasteiger partial charge is 0.497 e. The molecule has 1 N–H and O–H groups in total. The van der Waals surface area contributed by atoms with Gasteiger partial charge in [0, 0.05) is 29.8 Å². The van der Waals surface area contributed by atoms with Crippen LogP contribution in [0.15, 0.2) is 52.2 Å². The number of ether oxygens (including phenoxy) is 1. The maximum absolute atomic E-state index is 12.4. The summed E-state index contributed by atoms with van der Waals surface area (Å²) in [6.07, 6.45) is 0. The van der Waals surface area contributed by atoms with Crippen LogP contribution >= 0.6 is 34.4 Å². The first kappa shape index (κ1) is 23.2. The Morgan fingerprint density at radius 3 is 2.79 bits per heavy atom. The van der Waals surface area contributed by atoms with Crippen LogP contribution in [0.5, 0.6) is 5.75 Å². The maximum atomic E-state index is 12.4. The Kier molecular flexibility index (Phi) is 7.26. The van der Waals surface area contributed by atoms with E-state index >= 15 is 0 Å². The Labute approximate surface area is 204 Å². The molecule has 0 spiro atoms. The Hall–Kier alpha value is -2.95. The smallest absolute Gasteiger partial charge is 0.230 e. The fourth-order valence-electron chi connectivity index (χ4n) is 3.21. The monoisotopic (exact) mass is 497 g/mol. The van der Waals surface area contributed by atoms with Crippen LogP contribution < -0.4 is 15.0 Å². The summed E-state index contributed by atoms with van der Waals surface area (Å²) in [4.78, 5) is 18.8. The van der Waals surface area contributed by atoms with Crippen LogP contribution in [0.4, 0.5) is 21.6 Å². The number of thioether (sulfide) groups is 1. The topological polar surface area (TPSA) is 80.2 Å². The van der Waals surface area contributed by atoms with E-state index in [1.54, 1.807) is 30.7 Å². The summed E-state index contributed by atoms with van der Waals surface area (Å²) < 4.78 is 6.09. The van der Waals surface area contributed by atoms with E-state index in [0.29, 0.717) is 16.0 Å². The summed E-state index contributed by atoms with van der Waals surface area (Å²) in [6, 6.07) is 13.7. The second-order valence-corrected chi connectivity index (χ2v) is 10.3. The number of carbonyl (C=O) groups is 1.